The van der Waals surface area contributed by atoms with Crippen LogP contribution in [0.25, 0.3) is 22.0 Å². The largest absolute Gasteiger partial charge is 0.470 e. The Labute approximate surface area is 261 Å². The molecule has 4 heterocycles. The number of thioether (sulfide) groups is 1. The Kier molecular flexibility index (Phi) is 8.06. The average molecular weight is 639 g/mol. The zero-order valence-electron chi connectivity index (χ0n) is 24.3. The van der Waals surface area contributed by atoms with Crippen molar-refractivity contribution in [3.8, 4) is 17.0 Å². The van der Waals surface area contributed by atoms with Crippen LogP contribution in [0.15, 0.2) is 59.1 Å². The van der Waals surface area contributed by atoms with E-state index in [0.29, 0.717) is 57.5 Å². The number of hydrogen-bond donors (Lipinski definition) is 0. The second-order valence-corrected chi connectivity index (χ2v) is 12.5. The highest BCUT2D eigenvalue weighted by atomic mass is 35.5. The SMILES string of the molecule is C=CC(=O)N1[C@H](C)CN(c2nc(=O)n3c4c(c(-c5cc(Cl)c(F)cc5F)c(C)cc24)SC[C@@H](Oc2cnccn2)C3)C[C@@H]1C. The van der Waals surface area contributed by atoms with Gasteiger partial charge in [-0.05, 0) is 44.5 Å². The van der Waals surface area contributed by atoms with Crippen LogP contribution in [-0.2, 0) is 11.3 Å². The maximum Gasteiger partial charge on any atom is 0.350 e. The lowest BCUT2D eigenvalue weighted by Gasteiger charge is -2.44. The number of rotatable bonds is 5. The van der Waals surface area contributed by atoms with E-state index in [4.69, 9.17) is 16.3 Å². The summed E-state index contributed by atoms with van der Waals surface area (Å²) in [5.41, 5.74) is 1.41. The summed E-state index contributed by atoms with van der Waals surface area (Å²) < 4.78 is 37.2. The minimum atomic E-state index is -0.858. The minimum Gasteiger partial charge on any atom is -0.470 e. The third kappa shape index (κ3) is 5.30. The van der Waals surface area contributed by atoms with Crippen molar-refractivity contribution in [3.63, 3.8) is 0 Å². The van der Waals surface area contributed by atoms with E-state index in [1.54, 1.807) is 9.47 Å². The van der Waals surface area contributed by atoms with Crippen molar-refractivity contribution in [2.75, 3.05) is 23.7 Å². The fraction of sp³-hybridized carbons (Fsp3) is 0.323. The summed E-state index contributed by atoms with van der Waals surface area (Å²) in [6.45, 7) is 10.4. The van der Waals surface area contributed by atoms with Crippen LogP contribution in [0.5, 0.6) is 5.88 Å². The van der Waals surface area contributed by atoms with Gasteiger partial charge < -0.3 is 14.5 Å². The molecule has 2 aliphatic rings. The van der Waals surface area contributed by atoms with Crippen LogP contribution in [-0.4, -0.2) is 67.4 Å². The number of aryl methyl sites for hydroxylation is 1. The number of piperazine rings is 1. The number of amides is 1. The van der Waals surface area contributed by atoms with E-state index in [1.807, 2.05) is 31.7 Å². The molecule has 2 aliphatic heterocycles. The van der Waals surface area contributed by atoms with Gasteiger partial charge in [0, 0.05) is 70.8 Å². The Morgan fingerprint density at radius 2 is 1.89 bits per heavy atom. The number of aromatic nitrogens is 4. The number of nitrogens with zero attached hydrogens (tertiary/aromatic N) is 6. The molecule has 9 nitrogen and oxygen atoms in total. The molecule has 4 aromatic rings. The van der Waals surface area contributed by atoms with Crippen molar-refractivity contribution < 1.29 is 18.3 Å². The standard InChI is InChI=1S/C31H29ClF2N6O3S/c1-5-26(41)40-17(3)12-38(13-18(40)4)30-21-8-16(2)27(20-9-22(32)24(34)10-23(20)33)29-28(21)39(31(42)37-30)14-19(15-44-29)43-25-11-35-6-7-36-25/h5-11,17-19H,1,12-15H2,2-4H3/t17-,18+,19-/m0/s1. The molecule has 1 saturated heterocycles. The molecule has 1 amide bonds. The van der Waals surface area contributed by atoms with Crippen LogP contribution < -0.4 is 15.3 Å². The summed E-state index contributed by atoms with van der Waals surface area (Å²) in [6.07, 6.45) is 5.35. The van der Waals surface area contributed by atoms with Crippen LogP contribution >= 0.6 is 23.4 Å². The first kappa shape index (κ1) is 30.0. The van der Waals surface area contributed by atoms with E-state index >= 15 is 4.39 Å². The quantitative estimate of drug-likeness (QED) is 0.216. The highest BCUT2D eigenvalue weighted by Crippen LogP contribution is 2.45. The maximum atomic E-state index is 15.4. The maximum absolute atomic E-state index is 15.4. The lowest BCUT2D eigenvalue weighted by Crippen LogP contribution is -2.58. The molecule has 0 aliphatic carbocycles. The number of benzene rings is 2. The normalized spacial score (nSPS) is 20.0. The molecule has 228 valence electrons. The highest BCUT2D eigenvalue weighted by Gasteiger charge is 2.35. The molecule has 0 unspecified atom stereocenters. The molecule has 44 heavy (non-hydrogen) atoms. The molecule has 0 N–H and O–H groups in total. The third-order valence-corrected chi connectivity index (χ3v) is 9.46. The fourth-order valence-corrected chi connectivity index (χ4v) is 7.64. The van der Waals surface area contributed by atoms with Gasteiger partial charge in [-0.25, -0.2) is 18.6 Å². The number of anilines is 1. The van der Waals surface area contributed by atoms with E-state index in [2.05, 4.69) is 21.5 Å². The lowest BCUT2D eigenvalue weighted by molar-refractivity contribution is -0.130. The first-order valence-electron chi connectivity index (χ1n) is 14.1. The first-order chi connectivity index (χ1) is 21.1. The van der Waals surface area contributed by atoms with Crippen LogP contribution in [0.2, 0.25) is 5.02 Å². The number of carbonyl (C=O) groups excluding carboxylic acids is 1. The second kappa shape index (κ2) is 11.8. The highest BCUT2D eigenvalue weighted by molar-refractivity contribution is 7.99. The summed E-state index contributed by atoms with van der Waals surface area (Å²) in [5.74, 6) is -0.601. The molecule has 6 rings (SSSR count). The van der Waals surface area contributed by atoms with Gasteiger partial charge in [-0.15, -0.1) is 11.8 Å². The summed E-state index contributed by atoms with van der Waals surface area (Å²) in [7, 11) is 0. The monoisotopic (exact) mass is 638 g/mol. The van der Waals surface area contributed by atoms with E-state index in [1.165, 1.54) is 42.5 Å². The molecule has 13 heteroatoms. The van der Waals surface area contributed by atoms with Gasteiger partial charge in [0.1, 0.15) is 23.6 Å². The molecule has 2 aromatic heterocycles. The van der Waals surface area contributed by atoms with Crippen LogP contribution in [0.4, 0.5) is 14.6 Å². The van der Waals surface area contributed by atoms with E-state index in [-0.39, 0.29) is 35.1 Å². The van der Waals surface area contributed by atoms with Crippen molar-refractivity contribution in [3.05, 3.63) is 82.1 Å². The van der Waals surface area contributed by atoms with Gasteiger partial charge in [0.05, 0.1) is 23.3 Å². The molecule has 0 bridgehead atoms. The predicted molar refractivity (Wildman–Crippen MR) is 166 cm³/mol. The topological polar surface area (TPSA) is 93.5 Å². The predicted octanol–water partition coefficient (Wildman–Crippen LogP) is 5.26. The van der Waals surface area contributed by atoms with Gasteiger partial charge in [0.25, 0.3) is 0 Å². The van der Waals surface area contributed by atoms with Gasteiger partial charge in [0.2, 0.25) is 11.8 Å². The van der Waals surface area contributed by atoms with Crippen LogP contribution in [0.3, 0.4) is 0 Å². The second-order valence-electron chi connectivity index (χ2n) is 11.0. The Hall–Kier alpha value is -4.03. The van der Waals surface area contributed by atoms with Crippen molar-refractivity contribution in [2.24, 2.45) is 0 Å². The molecule has 0 saturated carbocycles. The minimum absolute atomic E-state index is 0.128. The molecule has 3 atom stereocenters. The molecular formula is C31H29ClF2N6O3S. The van der Waals surface area contributed by atoms with E-state index in [9.17, 15) is 14.0 Å². The number of ether oxygens (including phenoxy) is 1. The van der Waals surface area contributed by atoms with Gasteiger partial charge in [-0.3, -0.25) is 14.3 Å². The first-order valence-corrected chi connectivity index (χ1v) is 15.4. The smallest absolute Gasteiger partial charge is 0.350 e. The molecule has 0 radical (unpaired) electrons. The van der Waals surface area contributed by atoms with Gasteiger partial charge in [0.15, 0.2) is 0 Å². The Balaban J connectivity index is 1.55. The summed E-state index contributed by atoms with van der Waals surface area (Å²) in [6, 6.07) is 3.58. The Bertz CT molecular complexity index is 1840. The zero-order chi connectivity index (χ0) is 31.3. The number of carbonyl (C=O) groups is 1. The van der Waals surface area contributed by atoms with Gasteiger partial charge in [-0.1, -0.05) is 18.2 Å². The van der Waals surface area contributed by atoms with Crippen molar-refractivity contribution in [1.29, 1.82) is 0 Å². The Morgan fingerprint density at radius 3 is 2.57 bits per heavy atom. The number of halogens is 3. The molecule has 0 spiro atoms. The van der Waals surface area contributed by atoms with E-state index in [0.717, 1.165) is 6.07 Å². The zero-order valence-corrected chi connectivity index (χ0v) is 25.8. The van der Waals surface area contributed by atoms with Gasteiger partial charge >= 0.3 is 5.69 Å². The van der Waals surface area contributed by atoms with Crippen molar-refractivity contribution >= 4 is 46.0 Å². The van der Waals surface area contributed by atoms with Crippen molar-refractivity contribution in [1.82, 2.24) is 24.4 Å². The fourth-order valence-electron chi connectivity index (χ4n) is 6.18. The molecular weight excluding hydrogens is 610 g/mol. The number of hydrogen-bond acceptors (Lipinski definition) is 8. The van der Waals surface area contributed by atoms with Gasteiger partial charge in [-0.2, -0.15) is 4.98 Å². The van der Waals surface area contributed by atoms with Crippen LogP contribution in [0, 0.1) is 18.6 Å². The average Bonchev–Trinajstić information content (AvgIpc) is 3.17. The Morgan fingerprint density at radius 1 is 1.14 bits per heavy atom. The summed E-state index contributed by atoms with van der Waals surface area (Å²) >= 11 is 7.54. The molecule has 1 fully saturated rings. The van der Waals surface area contributed by atoms with Crippen LogP contribution in [0.1, 0.15) is 19.4 Å². The van der Waals surface area contributed by atoms with Crippen molar-refractivity contribution in [2.45, 2.75) is 50.4 Å². The summed E-state index contributed by atoms with van der Waals surface area (Å²) in [4.78, 5) is 43.7. The lowest BCUT2D eigenvalue weighted by atomic mass is 9.97. The van der Waals surface area contributed by atoms with E-state index < -0.39 is 23.4 Å². The molecule has 2 aromatic carbocycles. The summed E-state index contributed by atoms with van der Waals surface area (Å²) in [5, 5.41) is 0.489. The third-order valence-electron chi connectivity index (χ3n) is 7.95.